The fourth-order valence-corrected chi connectivity index (χ4v) is 4.51. The van der Waals surface area contributed by atoms with Gasteiger partial charge >= 0.3 is 0 Å². The van der Waals surface area contributed by atoms with Crippen molar-refractivity contribution in [2.45, 2.75) is 13.0 Å². The predicted octanol–water partition coefficient (Wildman–Crippen LogP) is 5.07. The molecule has 0 spiro atoms. The van der Waals surface area contributed by atoms with Crippen LogP contribution in [0, 0.1) is 6.92 Å². The van der Waals surface area contributed by atoms with Crippen molar-refractivity contribution >= 4 is 49.3 Å². The Balaban J connectivity index is 1.83. The Kier molecular flexibility index (Phi) is 3.96. The van der Waals surface area contributed by atoms with Crippen molar-refractivity contribution in [2.75, 3.05) is 4.90 Å². The summed E-state index contributed by atoms with van der Waals surface area (Å²) in [5, 5.41) is 2.82. The highest BCUT2D eigenvalue weighted by Gasteiger charge is 2.44. The number of benzene rings is 2. The van der Waals surface area contributed by atoms with Gasteiger partial charge in [0, 0.05) is 16.0 Å². The summed E-state index contributed by atoms with van der Waals surface area (Å²) >= 11 is 4.79. The van der Waals surface area contributed by atoms with Crippen LogP contribution in [0.4, 0.5) is 5.13 Å². The molecule has 7 heteroatoms. The first-order valence-electron chi connectivity index (χ1n) is 8.60. The molecule has 1 atom stereocenters. The molecule has 0 radical (unpaired) electrons. The highest BCUT2D eigenvalue weighted by atomic mass is 79.9. The first-order valence-corrected chi connectivity index (χ1v) is 10.3. The maximum Gasteiger partial charge on any atom is 0.297 e. The summed E-state index contributed by atoms with van der Waals surface area (Å²) in [4.78, 5) is 32.5. The fourth-order valence-electron chi connectivity index (χ4n) is 3.58. The number of hydrogen-bond acceptors (Lipinski definition) is 5. The monoisotopic (exact) mass is 452 g/mol. The van der Waals surface area contributed by atoms with Gasteiger partial charge in [-0.2, -0.15) is 0 Å². The van der Waals surface area contributed by atoms with Crippen LogP contribution in [0.1, 0.15) is 33.3 Å². The molecule has 5 nitrogen and oxygen atoms in total. The van der Waals surface area contributed by atoms with Gasteiger partial charge in [-0.25, -0.2) is 4.98 Å². The third-order valence-corrected chi connectivity index (χ3v) is 6.14. The highest BCUT2D eigenvalue weighted by molar-refractivity contribution is 9.10. The molecule has 0 aliphatic carbocycles. The molecule has 1 amide bonds. The van der Waals surface area contributed by atoms with Crippen LogP contribution in [0.2, 0.25) is 0 Å². The van der Waals surface area contributed by atoms with Crippen LogP contribution in [-0.4, -0.2) is 10.9 Å². The number of fused-ring (bicyclic) bond motifs is 2. The molecule has 138 valence electrons. The molecule has 1 aliphatic heterocycles. The molecular formula is C21H13BrN2O3S. The largest absolute Gasteiger partial charge is 0.450 e. The summed E-state index contributed by atoms with van der Waals surface area (Å²) in [6, 6.07) is 12.4. The number of thiazole rings is 1. The van der Waals surface area contributed by atoms with Crippen molar-refractivity contribution in [2.24, 2.45) is 0 Å². The zero-order valence-electron chi connectivity index (χ0n) is 14.7. The van der Waals surface area contributed by atoms with Gasteiger partial charge in [-0.3, -0.25) is 14.5 Å². The first kappa shape index (κ1) is 17.3. The van der Waals surface area contributed by atoms with Crippen molar-refractivity contribution in [3.05, 3.63) is 91.2 Å². The number of carbonyl (C=O) groups excluding carboxylic acids is 1. The molecule has 2 aromatic carbocycles. The number of hydrogen-bond donors (Lipinski definition) is 0. The molecule has 0 N–H and O–H groups in total. The molecule has 0 unspecified atom stereocenters. The molecule has 5 rings (SSSR count). The average molecular weight is 453 g/mol. The lowest BCUT2D eigenvalue weighted by atomic mass is 9.98. The van der Waals surface area contributed by atoms with Gasteiger partial charge in [0.25, 0.3) is 5.91 Å². The molecule has 0 saturated heterocycles. The number of amides is 1. The summed E-state index contributed by atoms with van der Waals surface area (Å²) in [5.74, 6) is -0.262. The highest BCUT2D eigenvalue weighted by Crippen LogP contribution is 2.42. The topological polar surface area (TPSA) is 63.4 Å². The summed E-state index contributed by atoms with van der Waals surface area (Å²) in [7, 11) is 0. The molecule has 3 heterocycles. The number of aromatic nitrogens is 1. The molecule has 1 aliphatic rings. The fraction of sp³-hybridized carbons (Fsp3) is 0.0952. The van der Waals surface area contributed by atoms with Gasteiger partial charge in [0.15, 0.2) is 10.6 Å². The quantitative estimate of drug-likeness (QED) is 0.425. The van der Waals surface area contributed by atoms with Crippen LogP contribution >= 0.6 is 27.3 Å². The van der Waals surface area contributed by atoms with E-state index in [0.717, 1.165) is 15.6 Å². The summed E-state index contributed by atoms with van der Waals surface area (Å²) in [6.45, 7) is 1.92. The number of nitrogens with zero attached hydrogens (tertiary/aromatic N) is 2. The molecule has 0 fully saturated rings. The molecule has 0 bridgehead atoms. The van der Waals surface area contributed by atoms with Crippen LogP contribution in [0.15, 0.2) is 67.7 Å². The average Bonchev–Trinajstić information content (AvgIpc) is 3.30. The Hall–Kier alpha value is -2.77. The van der Waals surface area contributed by atoms with E-state index >= 15 is 0 Å². The van der Waals surface area contributed by atoms with Crippen LogP contribution in [-0.2, 0) is 0 Å². The number of carbonyl (C=O) groups is 1. The maximum absolute atomic E-state index is 13.4. The van der Waals surface area contributed by atoms with Crippen LogP contribution in [0.3, 0.4) is 0 Å². The zero-order valence-corrected chi connectivity index (χ0v) is 17.1. The Morgan fingerprint density at radius 2 is 1.93 bits per heavy atom. The van der Waals surface area contributed by atoms with Gasteiger partial charge < -0.3 is 4.42 Å². The van der Waals surface area contributed by atoms with E-state index in [1.807, 2.05) is 37.3 Å². The Labute approximate surface area is 172 Å². The van der Waals surface area contributed by atoms with Gasteiger partial charge in [-0.15, -0.1) is 11.3 Å². The van der Waals surface area contributed by atoms with E-state index in [4.69, 9.17) is 4.42 Å². The van der Waals surface area contributed by atoms with E-state index < -0.39 is 6.04 Å². The molecule has 28 heavy (non-hydrogen) atoms. The molecule has 0 saturated carbocycles. The second-order valence-electron chi connectivity index (χ2n) is 6.62. The van der Waals surface area contributed by atoms with Gasteiger partial charge in [-0.05, 0) is 36.8 Å². The third kappa shape index (κ3) is 2.54. The van der Waals surface area contributed by atoms with Gasteiger partial charge in [-0.1, -0.05) is 39.7 Å². The SMILES string of the molecule is Cc1ccc2oc3c(c(=O)c2c1)[C@@H](c1ccc(Br)cc1)N(c1nccs1)C3=O. The van der Waals surface area contributed by atoms with E-state index in [2.05, 4.69) is 20.9 Å². The van der Waals surface area contributed by atoms with Crippen molar-refractivity contribution in [1.82, 2.24) is 4.98 Å². The van der Waals surface area contributed by atoms with Gasteiger partial charge in [0.05, 0.1) is 17.0 Å². The minimum absolute atomic E-state index is 0.0875. The smallest absolute Gasteiger partial charge is 0.297 e. The van der Waals surface area contributed by atoms with Crippen molar-refractivity contribution in [3.63, 3.8) is 0 Å². The van der Waals surface area contributed by atoms with E-state index in [-0.39, 0.29) is 17.1 Å². The van der Waals surface area contributed by atoms with Crippen LogP contribution in [0.25, 0.3) is 11.0 Å². The lowest BCUT2D eigenvalue weighted by Gasteiger charge is -2.22. The molecular weight excluding hydrogens is 440 g/mol. The lowest BCUT2D eigenvalue weighted by Crippen LogP contribution is -2.29. The van der Waals surface area contributed by atoms with Crippen LogP contribution in [0.5, 0.6) is 0 Å². The minimum atomic E-state index is -0.581. The maximum atomic E-state index is 13.4. The summed E-state index contributed by atoms with van der Waals surface area (Å²) < 4.78 is 6.85. The first-order chi connectivity index (χ1) is 13.5. The number of anilines is 1. The van der Waals surface area contributed by atoms with Crippen molar-refractivity contribution in [1.29, 1.82) is 0 Å². The number of aryl methyl sites for hydroxylation is 1. The van der Waals surface area contributed by atoms with Crippen molar-refractivity contribution in [3.8, 4) is 0 Å². The van der Waals surface area contributed by atoms with Crippen LogP contribution < -0.4 is 10.3 Å². The normalized spacial score (nSPS) is 16.0. The number of halogens is 1. The second kappa shape index (κ2) is 6.39. The number of rotatable bonds is 2. The Morgan fingerprint density at radius 3 is 2.64 bits per heavy atom. The lowest BCUT2D eigenvalue weighted by molar-refractivity contribution is 0.0971. The molecule has 4 aromatic rings. The van der Waals surface area contributed by atoms with Crippen molar-refractivity contribution < 1.29 is 9.21 Å². The van der Waals surface area contributed by atoms with E-state index in [1.54, 1.807) is 28.6 Å². The standard InChI is InChI=1S/C21H13BrN2O3S/c1-11-2-7-15-14(10-11)18(25)16-17(12-3-5-13(22)6-4-12)24(20(26)19(16)27-15)21-23-8-9-28-21/h2-10,17H,1H3/t17-/m1/s1. The molecule has 2 aromatic heterocycles. The Bertz CT molecular complexity index is 1280. The predicted molar refractivity (Wildman–Crippen MR) is 112 cm³/mol. The summed E-state index contributed by atoms with van der Waals surface area (Å²) in [5.41, 5.74) is 2.38. The second-order valence-corrected chi connectivity index (χ2v) is 8.41. The summed E-state index contributed by atoms with van der Waals surface area (Å²) in [6.07, 6.45) is 1.64. The zero-order chi connectivity index (χ0) is 19.4. The van der Waals surface area contributed by atoms with E-state index in [1.165, 1.54) is 11.3 Å². The van der Waals surface area contributed by atoms with Gasteiger partial charge in [0.2, 0.25) is 5.76 Å². The third-order valence-electron chi connectivity index (χ3n) is 4.84. The minimum Gasteiger partial charge on any atom is -0.450 e. The van der Waals surface area contributed by atoms with Gasteiger partial charge in [0.1, 0.15) is 5.58 Å². The van der Waals surface area contributed by atoms with E-state index in [9.17, 15) is 9.59 Å². The Morgan fingerprint density at radius 1 is 1.14 bits per heavy atom. The van der Waals surface area contributed by atoms with E-state index in [0.29, 0.717) is 21.7 Å².